The molecule has 0 aliphatic heterocycles. The van der Waals surface area contributed by atoms with Gasteiger partial charge in [-0.2, -0.15) is 0 Å². The van der Waals surface area contributed by atoms with Gasteiger partial charge in [-0.1, -0.05) is 53.6 Å². The maximum Gasteiger partial charge on any atom is 0.328 e. The average molecular weight is 443 g/mol. The lowest BCUT2D eigenvalue weighted by Crippen LogP contribution is -2.43. The number of hydrogen-bond donors (Lipinski definition) is 2. The van der Waals surface area contributed by atoms with Crippen LogP contribution in [-0.2, 0) is 19.1 Å². The molecule has 0 radical (unpaired) electrons. The SMILES string of the molecule is COC(=O)[C@H](CC(N)=O)NC(=O)/C=C/C(C)(C)C/C=C(\C)CC/C=C(\C)Br. The highest BCUT2D eigenvalue weighted by Crippen LogP contribution is 2.24. The molecule has 0 rings (SSSR count). The monoisotopic (exact) mass is 442 g/mol. The first kappa shape index (κ1) is 25.1. The lowest BCUT2D eigenvalue weighted by atomic mass is 9.87. The first-order valence-electron chi connectivity index (χ1n) is 8.80. The molecule has 0 spiro atoms. The standard InChI is InChI=1S/C20H31BrN2O4/c1-14(7-6-8-15(2)21)9-11-20(3,4)12-10-18(25)23-16(13-17(22)24)19(26)27-5/h8-10,12,16H,6-7,11,13H2,1-5H3,(H2,22,24)(H,23,25)/b12-10+,14-9+,15-8+/t16-/m0/s1. The van der Waals surface area contributed by atoms with E-state index < -0.39 is 23.8 Å². The van der Waals surface area contributed by atoms with Gasteiger partial charge < -0.3 is 15.8 Å². The van der Waals surface area contributed by atoms with Crippen LogP contribution in [0.2, 0.25) is 0 Å². The Labute approximate surface area is 170 Å². The van der Waals surface area contributed by atoms with E-state index in [1.54, 1.807) is 6.08 Å². The minimum atomic E-state index is -1.08. The molecular formula is C20H31BrN2O4. The van der Waals surface area contributed by atoms with Crippen LogP contribution in [0.15, 0.2) is 34.4 Å². The summed E-state index contributed by atoms with van der Waals surface area (Å²) < 4.78 is 5.70. The van der Waals surface area contributed by atoms with Crippen molar-refractivity contribution in [2.24, 2.45) is 11.1 Å². The van der Waals surface area contributed by atoms with Gasteiger partial charge >= 0.3 is 5.97 Å². The molecule has 27 heavy (non-hydrogen) atoms. The Morgan fingerprint density at radius 1 is 1.22 bits per heavy atom. The van der Waals surface area contributed by atoms with Crippen molar-refractivity contribution in [3.8, 4) is 0 Å². The molecule has 7 heteroatoms. The van der Waals surface area contributed by atoms with Crippen LogP contribution in [0.3, 0.4) is 0 Å². The highest BCUT2D eigenvalue weighted by atomic mass is 79.9. The minimum Gasteiger partial charge on any atom is -0.467 e. The number of primary amides is 1. The number of carbonyl (C=O) groups is 3. The van der Waals surface area contributed by atoms with E-state index in [2.05, 4.69) is 45.1 Å². The molecular weight excluding hydrogens is 412 g/mol. The lowest BCUT2D eigenvalue weighted by Gasteiger charge is -2.19. The number of nitrogens with one attached hydrogen (secondary N) is 1. The van der Waals surface area contributed by atoms with Gasteiger partial charge in [0.2, 0.25) is 11.8 Å². The zero-order chi connectivity index (χ0) is 21.0. The van der Waals surface area contributed by atoms with E-state index in [0.29, 0.717) is 0 Å². The Kier molecular flexibility index (Phi) is 11.6. The van der Waals surface area contributed by atoms with E-state index in [4.69, 9.17) is 5.73 Å². The maximum atomic E-state index is 12.1. The van der Waals surface area contributed by atoms with E-state index in [9.17, 15) is 14.4 Å². The second kappa shape index (κ2) is 12.5. The van der Waals surface area contributed by atoms with E-state index in [1.165, 1.54) is 18.8 Å². The smallest absolute Gasteiger partial charge is 0.328 e. The number of nitrogens with two attached hydrogens (primary N) is 1. The third kappa shape index (κ3) is 13.0. The van der Waals surface area contributed by atoms with Crippen LogP contribution in [0.4, 0.5) is 0 Å². The second-order valence-corrected chi connectivity index (χ2v) is 8.41. The van der Waals surface area contributed by atoms with E-state index in [0.717, 1.165) is 23.7 Å². The van der Waals surface area contributed by atoms with Gasteiger partial charge in [0, 0.05) is 0 Å². The quantitative estimate of drug-likeness (QED) is 0.290. The summed E-state index contributed by atoms with van der Waals surface area (Å²) in [5.74, 6) is -1.87. The van der Waals surface area contributed by atoms with Crippen molar-refractivity contribution in [2.45, 2.75) is 59.4 Å². The number of rotatable bonds is 11. The van der Waals surface area contributed by atoms with Crippen LogP contribution in [0.5, 0.6) is 0 Å². The molecule has 0 fully saturated rings. The first-order chi connectivity index (χ1) is 12.5. The van der Waals surface area contributed by atoms with E-state index in [-0.39, 0.29) is 11.8 Å². The number of amides is 2. The number of halogens is 1. The fourth-order valence-electron chi connectivity index (χ4n) is 2.16. The third-order valence-corrected chi connectivity index (χ3v) is 4.16. The Morgan fingerprint density at radius 2 is 1.85 bits per heavy atom. The predicted molar refractivity (Wildman–Crippen MR) is 111 cm³/mol. The van der Waals surface area contributed by atoms with Crippen molar-refractivity contribution < 1.29 is 19.1 Å². The molecule has 0 unspecified atom stereocenters. The molecule has 6 nitrogen and oxygen atoms in total. The molecule has 0 aromatic carbocycles. The number of allylic oxidation sites excluding steroid dienone is 5. The minimum absolute atomic E-state index is 0.232. The Morgan fingerprint density at radius 3 is 2.37 bits per heavy atom. The Bertz CT molecular complexity index is 617. The normalized spacial score (nSPS) is 14.1. The summed E-state index contributed by atoms with van der Waals surface area (Å²) in [5, 5.41) is 2.45. The van der Waals surface area contributed by atoms with Gasteiger partial charge in [-0.05, 0) is 49.1 Å². The van der Waals surface area contributed by atoms with E-state index >= 15 is 0 Å². The highest BCUT2D eigenvalue weighted by molar-refractivity contribution is 9.11. The molecule has 152 valence electrons. The number of carbonyl (C=O) groups excluding carboxylic acids is 3. The molecule has 2 amide bonds. The Balaban J connectivity index is 4.74. The molecule has 1 atom stereocenters. The van der Waals surface area contributed by atoms with Gasteiger partial charge in [0.1, 0.15) is 6.04 Å². The van der Waals surface area contributed by atoms with E-state index in [1.807, 2.05) is 20.8 Å². The number of ether oxygens (including phenoxy) is 1. The summed E-state index contributed by atoms with van der Waals surface area (Å²) >= 11 is 3.41. The van der Waals surface area contributed by atoms with Gasteiger partial charge in [0.05, 0.1) is 13.5 Å². The molecule has 0 bridgehead atoms. The van der Waals surface area contributed by atoms with Crippen LogP contribution < -0.4 is 11.1 Å². The van der Waals surface area contributed by atoms with Gasteiger partial charge in [-0.25, -0.2) is 4.79 Å². The molecule has 0 heterocycles. The van der Waals surface area contributed by atoms with Crippen molar-refractivity contribution in [1.82, 2.24) is 5.32 Å². The maximum absolute atomic E-state index is 12.1. The first-order valence-corrected chi connectivity index (χ1v) is 9.60. The molecule has 3 N–H and O–H groups in total. The molecule has 0 saturated carbocycles. The van der Waals surface area contributed by atoms with Crippen molar-refractivity contribution in [1.29, 1.82) is 0 Å². The van der Waals surface area contributed by atoms with Crippen LogP contribution in [0, 0.1) is 5.41 Å². The average Bonchev–Trinajstić information content (AvgIpc) is 2.56. The third-order valence-electron chi connectivity index (χ3n) is 3.83. The fraction of sp³-hybridized carbons (Fsp3) is 0.550. The van der Waals surface area contributed by atoms with Crippen molar-refractivity contribution in [3.05, 3.63) is 34.4 Å². The largest absolute Gasteiger partial charge is 0.467 e. The summed E-state index contributed by atoms with van der Waals surface area (Å²) in [4.78, 5) is 34.7. The van der Waals surface area contributed by atoms with Crippen molar-refractivity contribution in [3.63, 3.8) is 0 Å². The topological polar surface area (TPSA) is 98.5 Å². The van der Waals surface area contributed by atoms with Gasteiger partial charge in [-0.15, -0.1) is 0 Å². The summed E-state index contributed by atoms with van der Waals surface area (Å²) in [6.45, 7) is 8.13. The molecule has 0 aliphatic carbocycles. The summed E-state index contributed by atoms with van der Waals surface area (Å²) in [5.41, 5.74) is 6.15. The second-order valence-electron chi connectivity index (χ2n) is 7.16. The predicted octanol–water partition coefficient (Wildman–Crippen LogP) is 3.52. The summed E-state index contributed by atoms with van der Waals surface area (Å²) in [6.07, 6.45) is 9.90. The van der Waals surface area contributed by atoms with Crippen molar-refractivity contribution >= 4 is 33.7 Å². The Hall–Kier alpha value is -1.89. The van der Waals surface area contributed by atoms with Crippen LogP contribution in [-0.4, -0.2) is 30.9 Å². The zero-order valence-electron chi connectivity index (χ0n) is 16.8. The molecule has 0 saturated heterocycles. The van der Waals surface area contributed by atoms with Crippen molar-refractivity contribution in [2.75, 3.05) is 7.11 Å². The van der Waals surface area contributed by atoms with Crippen LogP contribution >= 0.6 is 15.9 Å². The number of methoxy groups -OCH3 is 1. The number of hydrogen-bond acceptors (Lipinski definition) is 4. The molecule has 0 aliphatic rings. The highest BCUT2D eigenvalue weighted by Gasteiger charge is 2.23. The van der Waals surface area contributed by atoms with Crippen LogP contribution in [0.25, 0.3) is 0 Å². The van der Waals surface area contributed by atoms with Gasteiger partial charge in [-0.3, -0.25) is 9.59 Å². The fourth-order valence-corrected chi connectivity index (χ4v) is 2.39. The molecule has 0 aromatic rings. The van der Waals surface area contributed by atoms with Gasteiger partial charge in [0.25, 0.3) is 0 Å². The lowest BCUT2D eigenvalue weighted by molar-refractivity contribution is -0.146. The zero-order valence-corrected chi connectivity index (χ0v) is 18.4. The molecule has 0 aromatic heterocycles. The van der Waals surface area contributed by atoms with Crippen LogP contribution in [0.1, 0.15) is 53.4 Å². The van der Waals surface area contributed by atoms with Gasteiger partial charge in [0.15, 0.2) is 0 Å². The summed E-state index contributed by atoms with van der Waals surface area (Å²) in [7, 11) is 1.19. The summed E-state index contributed by atoms with van der Waals surface area (Å²) in [6, 6.07) is -1.08. The number of esters is 1.